The molecule has 0 saturated carbocycles. The molecule has 1 atom stereocenters. The third-order valence-corrected chi connectivity index (χ3v) is 5.27. The van der Waals surface area contributed by atoms with Crippen LogP contribution in [0, 0.1) is 6.92 Å². The molecule has 2 heterocycles. The molecule has 0 spiro atoms. The van der Waals surface area contributed by atoms with E-state index in [1.54, 1.807) is 6.07 Å². The maximum absolute atomic E-state index is 13.2. The van der Waals surface area contributed by atoms with Crippen molar-refractivity contribution >= 4 is 21.6 Å². The van der Waals surface area contributed by atoms with Crippen molar-refractivity contribution in [3.05, 3.63) is 35.2 Å². The molecule has 1 unspecified atom stereocenters. The summed E-state index contributed by atoms with van der Waals surface area (Å²) in [5, 5.41) is 0. The summed E-state index contributed by atoms with van der Waals surface area (Å²) in [7, 11) is -2.66. The van der Waals surface area contributed by atoms with Crippen LogP contribution in [0.5, 0.6) is 12.0 Å². The molecule has 0 saturated heterocycles. The van der Waals surface area contributed by atoms with Gasteiger partial charge in [-0.15, -0.1) is 4.98 Å². The fourth-order valence-corrected chi connectivity index (χ4v) is 3.82. The molecule has 3 rings (SSSR count). The van der Waals surface area contributed by atoms with Gasteiger partial charge in [0.05, 0.1) is 19.9 Å². The third-order valence-electron chi connectivity index (χ3n) is 3.94. The van der Waals surface area contributed by atoms with Crippen molar-refractivity contribution in [2.75, 3.05) is 18.5 Å². The molecule has 0 radical (unpaired) electrons. The second-order valence-electron chi connectivity index (χ2n) is 5.52. The molecule has 1 aliphatic rings. The topological polar surface area (TPSA) is 112 Å². The number of rotatable bonds is 5. The Morgan fingerprint density at radius 1 is 1.11 bits per heavy atom. The molecule has 12 heteroatoms. The molecule has 9 nitrogen and oxygen atoms in total. The van der Waals surface area contributed by atoms with E-state index in [0.717, 1.165) is 0 Å². The van der Waals surface area contributed by atoms with Crippen LogP contribution in [0.3, 0.4) is 0 Å². The van der Waals surface area contributed by atoms with E-state index < -0.39 is 27.6 Å². The van der Waals surface area contributed by atoms with Gasteiger partial charge in [-0.1, -0.05) is 18.2 Å². The highest BCUT2D eigenvalue weighted by molar-refractivity contribution is 7.93. The number of nitrogens with zero attached hydrogens (tertiary/aromatic N) is 4. The van der Waals surface area contributed by atoms with Gasteiger partial charge in [0.2, 0.25) is 0 Å². The van der Waals surface area contributed by atoms with Gasteiger partial charge in [-0.25, -0.2) is 4.31 Å². The minimum absolute atomic E-state index is 0.121. The number of carbonyl (C=O) groups is 1. The lowest BCUT2D eigenvalue weighted by Gasteiger charge is -2.18. The average Bonchev–Trinajstić information content (AvgIpc) is 2.94. The highest BCUT2D eigenvalue weighted by Crippen LogP contribution is 2.44. The molecule has 144 valence electrons. The van der Waals surface area contributed by atoms with Crippen molar-refractivity contribution in [1.82, 2.24) is 15.0 Å². The number of hydrogen-bond donors (Lipinski definition) is 0. The molecule has 0 fully saturated rings. The first kappa shape index (κ1) is 18.9. The van der Waals surface area contributed by atoms with Crippen LogP contribution >= 0.6 is 0 Å². The molecule has 0 bridgehead atoms. The number of para-hydroxylation sites is 1. The summed E-state index contributed by atoms with van der Waals surface area (Å²) < 4.78 is 60.6. The second kappa shape index (κ2) is 6.68. The van der Waals surface area contributed by atoms with Crippen LogP contribution in [0.15, 0.2) is 18.2 Å². The molecular weight excluding hydrogens is 386 g/mol. The van der Waals surface area contributed by atoms with Gasteiger partial charge in [-0.3, -0.25) is 4.79 Å². The Bertz CT molecular complexity index is 993. The summed E-state index contributed by atoms with van der Waals surface area (Å²) in [5.41, 5.74) is 0.381. The number of sulfonamides is 1. The Kier molecular flexibility index (Phi) is 4.68. The summed E-state index contributed by atoms with van der Waals surface area (Å²) in [4.78, 5) is 24.6. The number of amides is 1. The number of alkyl halides is 2. The Balaban J connectivity index is 2.26. The van der Waals surface area contributed by atoms with Crippen molar-refractivity contribution in [3.63, 3.8) is 0 Å². The zero-order chi connectivity index (χ0) is 19.9. The number of benzene rings is 1. The lowest BCUT2D eigenvalue weighted by Crippen LogP contribution is -2.39. The van der Waals surface area contributed by atoms with E-state index in [-0.39, 0.29) is 33.4 Å². The van der Waals surface area contributed by atoms with Crippen molar-refractivity contribution < 1.29 is 31.5 Å². The van der Waals surface area contributed by atoms with Crippen molar-refractivity contribution in [1.29, 1.82) is 0 Å². The average molecular weight is 400 g/mol. The van der Waals surface area contributed by atoms with Crippen LogP contribution in [0.1, 0.15) is 22.9 Å². The molecule has 1 aromatic heterocycles. The normalized spacial score (nSPS) is 16.6. The van der Waals surface area contributed by atoms with E-state index in [0.29, 0.717) is 5.56 Å². The molecule has 1 aromatic carbocycles. The quantitative estimate of drug-likeness (QED) is 0.737. The second-order valence-corrected chi connectivity index (χ2v) is 7.27. The lowest BCUT2D eigenvalue weighted by atomic mass is 9.98. The largest absolute Gasteiger partial charge is 0.467 e. The third kappa shape index (κ3) is 2.95. The number of fused-ring (bicyclic) bond motifs is 1. The van der Waals surface area contributed by atoms with Crippen LogP contribution in [-0.4, -0.2) is 49.3 Å². The van der Waals surface area contributed by atoms with Gasteiger partial charge >= 0.3 is 27.8 Å². The fourth-order valence-electron chi connectivity index (χ4n) is 2.80. The molecule has 1 amide bonds. The van der Waals surface area contributed by atoms with Crippen LogP contribution in [0.25, 0.3) is 0 Å². The molecule has 27 heavy (non-hydrogen) atoms. The smallest absolute Gasteiger partial charge is 0.355 e. The zero-order valence-corrected chi connectivity index (χ0v) is 15.2. The first-order valence-electron chi connectivity index (χ1n) is 7.52. The lowest BCUT2D eigenvalue weighted by molar-refractivity contribution is -0.117. The fraction of sp³-hybridized carbons (Fsp3) is 0.333. The first-order chi connectivity index (χ1) is 12.7. The van der Waals surface area contributed by atoms with E-state index in [1.807, 2.05) is 0 Å². The molecule has 2 aromatic rings. The Morgan fingerprint density at radius 3 is 2.22 bits per heavy atom. The van der Waals surface area contributed by atoms with E-state index >= 15 is 0 Å². The monoisotopic (exact) mass is 400 g/mol. The van der Waals surface area contributed by atoms with Gasteiger partial charge in [0.1, 0.15) is 5.92 Å². The van der Waals surface area contributed by atoms with Gasteiger partial charge < -0.3 is 9.47 Å². The number of aromatic nitrogens is 3. The molecule has 1 aliphatic heterocycles. The minimum Gasteiger partial charge on any atom is -0.467 e. The summed E-state index contributed by atoms with van der Waals surface area (Å²) >= 11 is 0. The summed E-state index contributed by atoms with van der Waals surface area (Å²) in [6.45, 7) is 1.51. The number of ether oxygens (including phenoxy) is 2. The number of methoxy groups -OCH3 is 2. The Morgan fingerprint density at radius 2 is 1.70 bits per heavy atom. The number of halogens is 2. The van der Waals surface area contributed by atoms with Crippen LogP contribution < -0.4 is 13.8 Å². The highest BCUT2D eigenvalue weighted by atomic mass is 32.2. The maximum atomic E-state index is 13.2. The van der Waals surface area contributed by atoms with E-state index in [9.17, 15) is 22.0 Å². The van der Waals surface area contributed by atoms with Gasteiger partial charge in [0.15, 0.2) is 5.82 Å². The standard InChI is InChI=1S/C15H14F2N4O5S/c1-7-5-4-6-8-9(11-18-14(25-2)20-15(19-11)26-3)12(22)21(10(7)8)27(23,24)13(16)17/h4-6,9,13H,1-3H3. The van der Waals surface area contributed by atoms with E-state index in [2.05, 4.69) is 15.0 Å². The molecular formula is C15H14F2N4O5S. The first-order valence-corrected chi connectivity index (χ1v) is 9.02. The summed E-state index contributed by atoms with van der Waals surface area (Å²) in [5.74, 6) is -6.40. The summed E-state index contributed by atoms with van der Waals surface area (Å²) in [6, 6.07) is 4.19. The number of anilines is 1. The predicted octanol–water partition coefficient (Wildman–Crippen LogP) is 1.23. The highest BCUT2D eigenvalue weighted by Gasteiger charge is 2.49. The van der Waals surface area contributed by atoms with Gasteiger partial charge in [0.25, 0.3) is 5.91 Å². The van der Waals surface area contributed by atoms with Crippen molar-refractivity contribution in [2.45, 2.75) is 18.6 Å². The van der Waals surface area contributed by atoms with Crippen LogP contribution in [0.4, 0.5) is 14.5 Å². The Labute approximate surface area is 153 Å². The maximum Gasteiger partial charge on any atom is 0.355 e. The van der Waals surface area contributed by atoms with Gasteiger partial charge in [-0.2, -0.15) is 27.2 Å². The van der Waals surface area contributed by atoms with E-state index in [1.165, 1.54) is 33.3 Å². The zero-order valence-electron chi connectivity index (χ0n) is 14.4. The van der Waals surface area contributed by atoms with E-state index in [4.69, 9.17) is 9.47 Å². The van der Waals surface area contributed by atoms with Crippen molar-refractivity contribution in [3.8, 4) is 12.0 Å². The minimum atomic E-state index is -5.22. The number of carbonyl (C=O) groups excluding carboxylic acids is 1. The summed E-state index contributed by atoms with van der Waals surface area (Å²) in [6.07, 6.45) is 0. The molecule has 0 N–H and O–H groups in total. The van der Waals surface area contributed by atoms with Gasteiger partial charge in [-0.05, 0) is 18.1 Å². The van der Waals surface area contributed by atoms with Gasteiger partial charge in [0, 0.05) is 0 Å². The van der Waals surface area contributed by atoms with Crippen LogP contribution in [0.2, 0.25) is 0 Å². The molecule has 0 aliphatic carbocycles. The number of hydrogen-bond acceptors (Lipinski definition) is 8. The van der Waals surface area contributed by atoms with Crippen molar-refractivity contribution in [2.24, 2.45) is 0 Å². The Hall–Kier alpha value is -2.89. The predicted molar refractivity (Wildman–Crippen MR) is 88.4 cm³/mol. The van der Waals surface area contributed by atoms with Crippen LogP contribution in [-0.2, 0) is 14.8 Å². The SMILES string of the molecule is COc1nc(OC)nc(C2C(=O)N(S(=O)(=O)C(F)F)c3c(C)cccc32)n1. The number of aryl methyl sites for hydroxylation is 1.